The normalized spacial score (nSPS) is 11.4. The Kier molecular flexibility index (Phi) is 3.85. The van der Waals surface area contributed by atoms with E-state index in [-0.39, 0.29) is 17.2 Å². The molecule has 0 saturated carbocycles. The highest BCUT2D eigenvalue weighted by Gasteiger charge is 2.13. The van der Waals surface area contributed by atoms with Crippen LogP contribution < -0.4 is 10.9 Å². The highest BCUT2D eigenvalue weighted by Crippen LogP contribution is 2.18. The van der Waals surface area contributed by atoms with E-state index in [9.17, 15) is 9.90 Å². The summed E-state index contributed by atoms with van der Waals surface area (Å²) >= 11 is 0. The highest BCUT2D eigenvalue weighted by molar-refractivity contribution is 5.79. The number of rotatable bonds is 4. The Morgan fingerprint density at radius 1 is 1.42 bits per heavy atom. The molecule has 0 aliphatic carbocycles. The summed E-state index contributed by atoms with van der Waals surface area (Å²) in [5.74, 6) is 1.02. The Balaban J connectivity index is 2.70. The van der Waals surface area contributed by atoms with Crippen LogP contribution in [0.4, 0.5) is 0 Å². The lowest BCUT2D eigenvalue weighted by atomic mass is 10.1. The van der Waals surface area contributed by atoms with Gasteiger partial charge in [0, 0.05) is 25.1 Å². The average molecular weight is 261 g/mol. The third kappa shape index (κ3) is 2.61. The van der Waals surface area contributed by atoms with Gasteiger partial charge in [0.15, 0.2) is 0 Å². The van der Waals surface area contributed by atoms with Crippen LogP contribution >= 0.6 is 0 Å². The number of aromatic nitrogens is 2. The van der Waals surface area contributed by atoms with Crippen LogP contribution in [0.3, 0.4) is 0 Å². The van der Waals surface area contributed by atoms with Crippen LogP contribution in [-0.4, -0.2) is 28.3 Å². The van der Waals surface area contributed by atoms with Crippen LogP contribution in [0.15, 0.2) is 23.0 Å². The molecule has 0 bridgehead atoms. The summed E-state index contributed by atoms with van der Waals surface area (Å²) in [6.07, 6.45) is 0. The number of nitrogens with zero attached hydrogens (tertiary/aromatic N) is 2. The summed E-state index contributed by atoms with van der Waals surface area (Å²) in [7, 11) is 1.85. The molecule has 0 spiro atoms. The van der Waals surface area contributed by atoms with Gasteiger partial charge in [-0.3, -0.25) is 9.36 Å². The zero-order valence-electron chi connectivity index (χ0n) is 11.5. The number of phenolic OH excluding ortho intramolecular Hbond substituents is 1. The smallest absolute Gasteiger partial charge is 0.261 e. The van der Waals surface area contributed by atoms with Gasteiger partial charge in [0.05, 0.1) is 10.9 Å². The first-order chi connectivity index (χ1) is 9.04. The quantitative estimate of drug-likeness (QED) is 0.874. The van der Waals surface area contributed by atoms with Crippen molar-refractivity contribution in [3.63, 3.8) is 0 Å². The van der Waals surface area contributed by atoms with Crippen molar-refractivity contribution >= 4 is 10.9 Å². The summed E-state index contributed by atoms with van der Waals surface area (Å²) in [4.78, 5) is 17.0. The standard InChI is InChI=1S/C14H19N3O2/c1-9(2)13-16-12-8-10(18)4-5-11(12)14(19)17(13)7-6-15-3/h4-5,8-9,15,18H,6-7H2,1-3H3. The second-order valence-corrected chi connectivity index (χ2v) is 4.89. The molecule has 0 aliphatic heterocycles. The first kappa shape index (κ1) is 13.5. The van der Waals surface area contributed by atoms with E-state index >= 15 is 0 Å². The van der Waals surface area contributed by atoms with E-state index in [1.54, 1.807) is 10.6 Å². The summed E-state index contributed by atoms with van der Waals surface area (Å²) in [5.41, 5.74) is 0.498. The van der Waals surface area contributed by atoms with Crippen molar-refractivity contribution in [1.29, 1.82) is 0 Å². The maximum absolute atomic E-state index is 12.5. The van der Waals surface area contributed by atoms with Crippen LogP contribution in [0.2, 0.25) is 0 Å². The molecule has 5 nitrogen and oxygen atoms in total. The van der Waals surface area contributed by atoms with Gasteiger partial charge in [0.25, 0.3) is 5.56 Å². The third-order valence-electron chi connectivity index (χ3n) is 3.07. The Morgan fingerprint density at radius 2 is 2.16 bits per heavy atom. The van der Waals surface area contributed by atoms with Crippen molar-refractivity contribution in [2.24, 2.45) is 0 Å². The molecule has 0 aliphatic rings. The molecule has 0 atom stereocenters. The second kappa shape index (κ2) is 5.40. The number of fused-ring (bicyclic) bond motifs is 1. The summed E-state index contributed by atoms with van der Waals surface area (Å²) in [6.45, 7) is 5.32. The van der Waals surface area contributed by atoms with Gasteiger partial charge in [-0.2, -0.15) is 0 Å². The fraction of sp³-hybridized carbons (Fsp3) is 0.429. The number of hydrogen-bond donors (Lipinski definition) is 2. The maximum Gasteiger partial charge on any atom is 0.261 e. The van der Waals surface area contributed by atoms with E-state index in [2.05, 4.69) is 10.3 Å². The SMILES string of the molecule is CNCCn1c(C(C)C)nc2cc(O)ccc2c1=O. The average Bonchev–Trinajstić information content (AvgIpc) is 2.37. The number of nitrogens with one attached hydrogen (secondary N) is 1. The molecule has 1 heterocycles. The number of hydrogen-bond acceptors (Lipinski definition) is 4. The van der Waals surface area contributed by atoms with Gasteiger partial charge in [-0.1, -0.05) is 13.8 Å². The molecule has 19 heavy (non-hydrogen) atoms. The molecule has 2 aromatic rings. The lowest BCUT2D eigenvalue weighted by molar-refractivity contribution is 0.476. The molecule has 102 valence electrons. The third-order valence-corrected chi connectivity index (χ3v) is 3.07. The van der Waals surface area contributed by atoms with Gasteiger partial charge < -0.3 is 10.4 Å². The van der Waals surface area contributed by atoms with Crippen molar-refractivity contribution in [3.05, 3.63) is 34.4 Å². The molecule has 2 N–H and O–H groups in total. The minimum atomic E-state index is -0.0519. The number of aromatic hydroxyl groups is 1. The molecule has 0 amide bonds. The predicted octanol–water partition coefficient (Wildman–Crippen LogP) is 1.44. The van der Waals surface area contributed by atoms with Crippen LogP contribution in [0.1, 0.15) is 25.6 Å². The molecule has 0 fully saturated rings. The summed E-state index contributed by atoms with van der Waals surface area (Å²) in [6, 6.07) is 4.67. The van der Waals surface area contributed by atoms with E-state index in [0.717, 1.165) is 5.82 Å². The Hall–Kier alpha value is -1.88. The molecule has 5 heteroatoms. The molecule has 0 unspecified atom stereocenters. The monoisotopic (exact) mass is 261 g/mol. The van der Waals surface area contributed by atoms with E-state index in [4.69, 9.17) is 0 Å². The van der Waals surface area contributed by atoms with Crippen LogP contribution in [-0.2, 0) is 6.54 Å². The molecule has 0 saturated heterocycles. The molecule has 0 radical (unpaired) electrons. The summed E-state index contributed by atoms with van der Waals surface area (Å²) in [5, 5.41) is 13.1. The Bertz CT molecular complexity index is 647. The van der Waals surface area contributed by atoms with Gasteiger partial charge in [0.1, 0.15) is 11.6 Å². The van der Waals surface area contributed by atoms with Gasteiger partial charge in [-0.05, 0) is 19.2 Å². The lowest BCUT2D eigenvalue weighted by Crippen LogP contribution is -2.30. The zero-order valence-corrected chi connectivity index (χ0v) is 11.5. The van der Waals surface area contributed by atoms with Gasteiger partial charge in [0.2, 0.25) is 0 Å². The number of phenols is 1. The fourth-order valence-corrected chi connectivity index (χ4v) is 2.11. The van der Waals surface area contributed by atoms with Crippen LogP contribution in [0.25, 0.3) is 10.9 Å². The van der Waals surface area contributed by atoms with Crippen molar-refractivity contribution in [2.45, 2.75) is 26.3 Å². The summed E-state index contributed by atoms with van der Waals surface area (Å²) < 4.78 is 1.71. The van der Waals surface area contributed by atoms with Crippen molar-refractivity contribution < 1.29 is 5.11 Å². The van der Waals surface area contributed by atoms with Crippen molar-refractivity contribution in [1.82, 2.24) is 14.9 Å². The highest BCUT2D eigenvalue weighted by atomic mass is 16.3. The van der Waals surface area contributed by atoms with Crippen LogP contribution in [0.5, 0.6) is 5.75 Å². The van der Waals surface area contributed by atoms with Gasteiger partial charge in [-0.25, -0.2) is 4.98 Å². The first-order valence-electron chi connectivity index (χ1n) is 6.42. The Morgan fingerprint density at radius 3 is 2.79 bits per heavy atom. The van der Waals surface area contributed by atoms with Gasteiger partial charge in [-0.15, -0.1) is 0 Å². The van der Waals surface area contributed by atoms with Gasteiger partial charge >= 0.3 is 0 Å². The van der Waals surface area contributed by atoms with Crippen LogP contribution in [0, 0.1) is 0 Å². The topological polar surface area (TPSA) is 67.2 Å². The minimum Gasteiger partial charge on any atom is -0.508 e. The van der Waals surface area contributed by atoms with Crippen molar-refractivity contribution in [3.8, 4) is 5.75 Å². The first-order valence-corrected chi connectivity index (χ1v) is 6.42. The lowest BCUT2D eigenvalue weighted by Gasteiger charge is -2.15. The van der Waals surface area contributed by atoms with E-state index < -0.39 is 0 Å². The van der Waals surface area contributed by atoms with E-state index in [0.29, 0.717) is 24.0 Å². The fourth-order valence-electron chi connectivity index (χ4n) is 2.11. The molecule has 1 aromatic heterocycles. The van der Waals surface area contributed by atoms with E-state index in [1.807, 2.05) is 20.9 Å². The maximum atomic E-state index is 12.5. The predicted molar refractivity (Wildman–Crippen MR) is 75.7 cm³/mol. The zero-order chi connectivity index (χ0) is 14.0. The van der Waals surface area contributed by atoms with Crippen molar-refractivity contribution in [2.75, 3.05) is 13.6 Å². The molecule has 1 aromatic carbocycles. The molecule has 2 rings (SSSR count). The molecular weight excluding hydrogens is 242 g/mol. The minimum absolute atomic E-state index is 0.0519. The number of likely N-dealkylation sites (N-methyl/N-ethyl adjacent to an activating group) is 1. The molecular formula is C14H19N3O2. The number of benzene rings is 1. The second-order valence-electron chi connectivity index (χ2n) is 4.89. The largest absolute Gasteiger partial charge is 0.508 e. The van der Waals surface area contributed by atoms with E-state index in [1.165, 1.54) is 12.1 Å². The Labute approximate surface area is 111 Å².